The molecule has 1 heterocycles. The Labute approximate surface area is 165 Å². The van der Waals surface area contributed by atoms with E-state index in [0.29, 0.717) is 35.0 Å². The molecule has 142 valence electrons. The van der Waals surface area contributed by atoms with Gasteiger partial charge in [0.25, 0.3) is 11.8 Å². The third-order valence-electron chi connectivity index (χ3n) is 4.90. The first-order valence-electron chi connectivity index (χ1n) is 9.45. The molecule has 1 atom stereocenters. The lowest BCUT2D eigenvalue weighted by Gasteiger charge is -2.31. The summed E-state index contributed by atoms with van der Waals surface area (Å²) in [6.07, 6.45) is 2.91. The molecule has 0 saturated carbocycles. The Balaban J connectivity index is 1.59. The highest BCUT2D eigenvalue weighted by atomic mass is 35.5. The molecule has 2 amide bonds. The fourth-order valence-electron chi connectivity index (χ4n) is 3.46. The van der Waals surface area contributed by atoms with E-state index in [0.717, 1.165) is 25.1 Å². The summed E-state index contributed by atoms with van der Waals surface area (Å²) in [6, 6.07) is 14.6. The van der Waals surface area contributed by atoms with Crippen molar-refractivity contribution in [3.05, 3.63) is 70.2 Å². The third-order valence-corrected chi connectivity index (χ3v) is 5.14. The fraction of sp³-hybridized carbons (Fsp3) is 0.364. The van der Waals surface area contributed by atoms with E-state index >= 15 is 0 Å². The Morgan fingerprint density at radius 1 is 1.15 bits per heavy atom. The zero-order chi connectivity index (χ0) is 19.2. The van der Waals surface area contributed by atoms with Gasteiger partial charge in [-0.1, -0.05) is 36.7 Å². The Bertz CT molecular complexity index is 821. The van der Waals surface area contributed by atoms with Gasteiger partial charge in [0.2, 0.25) is 0 Å². The molecular formula is C22H25ClN2O2. The molecule has 0 radical (unpaired) electrons. The first-order chi connectivity index (χ1) is 13.0. The molecule has 3 rings (SSSR count). The standard InChI is InChI=1S/C22H25ClN2O2/c1-16-5-4-12-25(15-16)22(27)19-8-3-7-18(14-19)21(26)24-11-10-17-6-2-9-20(23)13-17/h2-3,6-9,13-14,16H,4-5,10-12,15H2,1H3,(H,24,26). The first-order valence-corrected chi connectivity index (χ1v) is 9.82. The van der Waals surface area contributed by atoms with Crippen LogP contribution in [0.2, 0.25) is 5.02 Å². The average Bonchev–Trinajstić information content (AvgIpc) is 2.67. The number of halogens is 1. The quantitative estimate of drug-likeness (QED) is 0.840. The van der Waals surface area contributed by atoms with Crippen LogP contribution in [0.1, 0.15) is 46.0 Å². The van der Waals surface area contributed by atoms with Crippen molar-refractivity contribution in [2.24, 2.45) is 5.92 Å². The van der Waals surface area contributed by atoms with Crippen LogP contribution in [0, 0.1) is 5.92 Å². The number of carbonyl (C=O) groups excluding carboxylic acids is 2. The molecule has 1 fully saturated rings. The van der Waals surface area contributed by atoms with Crippen molar-refractivity contribution >= 4 is 23.4 Å². The smallest absolute Gasteiger partial charge is 0.253 e. The maximum absolute atomic E-state index is 12.7. The van der Waals surface area contributed by atoms with E-state index in [-0.39, 0.29) is 11.8 Å². The molecule has 2 aromatic carbocycles. The van der Waals surface area contributed by atoms with Gasteiger partial charge in [0.05, 0.1) is 0 Å². The first kappa shape index (κ1) is 19.4. The number of rotatable bonds is 5. The highest BCUT2D eigenvalue weighted by molar-refractivity contribution is 6.30. The summed E-state index contributed by atoms with van der Waals surface area (Å²) in [6.45, 7) is 4.26. The number of hydrogen-bond donors (Lipinski definition) is 1. The van der Waals surface area contributed by atoms with Crippen LogP contribution < -0.4 is 5.32 Å². The number of nitrogens with one attached hydrogen (secondary N) is 1. The van der Waals surface area contributed by atoms with E-state index in [2.05, 4.69) is 12.2 Å². The molecule has 1 unspecified atom stereocenters. The van der Waals surface area contributed by atoms with Gasteiger partial charge in [-0.3, -0.25) is 9.59 Å². The third kappa shape index (κ3) is 5.33. The summed E-state index contributed by atoms with van der Waals surface area (Å²) in [5, 5.41) is 3.60. The summed E-state index contributed by atoms with van der Waals surface area (Å²) in [5.74, 6) is 0.370. The average molecular weight is 385 g/mol. The maximum Gasteiger partial charge on any atom is 0.253 e. The Kier molecular flexibility index (Phi) is 6.51. The van der Waals surface area contributed by atoms with Crippen LogP contribution in [-0.2, 0) is 6.42 Å². The van der Waals surface area contributed by atoms with Crippen LogP contribution in [-0.4, -0.2) is 36.3 Å². The predicted molar refractivity (Wildman–Crippen MR) is 108 cm³/mol. The number of nitrogens with zero attached hydrogens (tertiary/aromatic N) is 1. The van der Waals surface area contributed by atoms with E-state index in [4.69, 9.17) is 11.6 Å². The molecule has 1 aliphatic heterocycles. The van der Waals surface area contributed by atoms with Crippen LogP contribution in [0.25, 0.3) is 0 Å². The number of amides is 2. The van der Waals surface area contributed by atoms with E-state index in [1.165, 1.54) is 6.42 Å². The second kappa shape index (κ2) is 9.05. The van der Waals surface area contributed by atoms with E-state index in [9.17, 15) is 9.59 Å². The highest BCUT2D eigenvalue weighted by Gasteiger charge is 2.22. The van der Waals surface area contributed by atoms with Gasteiger partial charge in [0.1, 0.15) is 0 Å². The van der Waals surface area contributed by atoms with Gasteiger partial charge in [-0.2, -0.15) is 0 Å². The lowest BCUT2D eigenvalue weighted by Crippen LogP contribution is -2.39. The van der Waals surface area contributed by atoms with Crippen LogP contribution in [0.4, 0.5) is 0 Å². The summed E-state index contributed by atoms with van der Waals surface area (Å²) < 4.78 is 0. The predicted octanol–water partition coefficient (Wildman–Crippen LogP) is 4.18. The Morgan fingerprint density at radius 2 is 1.93 bits per heavy atom. The molecule has 0 aliphatic carbocycles. The monoisotopic (exact) mass is 384 g/mol. The van der Waals surface area contributed by atoms with Crippen molar-refractivity contribution < 1.29 is 9.59 Å². The number of benzene rings is 2. The molecular weight excluding hydrogens is 360 g/mol. The van der Waals surface area contributed by atoms with Crippen molar-refractivity contribution in [2.75, 3.05) is 19.6 Å². The van der Waals surface area contributed by atoms with Gasteiger partial charge in [-0.05, 0) is 61.1 Å². The van der Waals surface area contributed by atoms with Crippen molar-refractivity contribution in [1.29, 1.82) is 0 Å². The van der Waals surface area contributed by atoms with E-state index in [1.54, 1.807) is 24.3 Å². The van der Waals surface area contributed by atoms with Crippen LogP contribution >= 0.6 is 11.6 Å². The van der Waals surface area contributed by atoms with Gasteiger partial charge in [0.15, 0.2) is 0 Å². The minimum Gasteiger partial charge on any atom is -0.352 e. The number of carbonyl (C=O) groups is 2. The van der Waals surface area contributed by atoms with Gasteiger partial charge in [0, 0.05) is 35.8 Å². The fourth-order valence-corrected chi connectivity index (χ4v) is 3.68. The molecule has 4 nitrogen and oxygen atoms in total. The normalized spacial score (nSPS) is 16.8. The highest BCUT2D eigenvalue weighted by Crippen LogP contribution is 2.18. The summed E-state index contributed by atoms with van der Waals surface area (Å²) >= 11 is 5.98. The van der Waals surface area contributed by atoms with Gasteiger partial charge < -0.3 is 10.2 Å². The van der Waals surface area contributed by atoms with E-state index < -0.39 is 0 Å². The molecule has 2 aromatic rings. The molecule has 0 aromatic heterocycles. The Hall–Kier alpha value is -2.33. The molecule has 5 heteroatoms. The van der Waals surface area contributed by atoms with Crippen LogP contribution in [0.3, 0.4) is 0 Å². The second-order valence-corrected chi connectivity index (χ2v) is 7.65. The summed E-state index contributed by atoms with van der Waals surface area (Å²) in [5.41, 5.74) is 2.16. The minimum absolute atomic E-state index is 0.00938. The number of piperidine rings is 1. The minimum atomic E-state index is -0.168. The second-order valence-electron chi connectivity index (χ2n) is 7.22. The number of likely N-dealkylation sites (tertiary alicyclic amines) is 1. The maximum atomic E-state index is 12.7. The number of hydrogen-bond acceptors (Lipinski definition) is 2. The Morgan fingerprint density at radius 3 is 2.70 bits per heavy atom. The van der Waals surface area contributed by atoms with Crippen LogP contribution in [0.5, 0.6) is 0 Å². The molecule has 1 aliphatic rings. The van der Waals surface area contributed by atoms with Crippen molar-refractivity contribution in [2.45, 2.75) is 26.2 Å². The zero-order valence-corrected chi connectivity index (χ0v) is 16.3. The zero-order valence-electron chi connectivity index (χ0n) is 15.6. The summed E-state index contributed by atoms with van der Waals surface area (Å²) in [4.78, 5) is 27.1. The van der Waals surface area contributed by atoms with Crippen molar-refractivity contribution in [3.8, 4) is 0 Å². The van der Waals surface area contributed by atoms with Crippen molar-refractivity contribution in [1.82, 2.24) is 10.2 Å². The van der Waals surface area contributed by atoms with Crippen molar-refractivity contribution in [3.63, 3.8) is 0 Å². The molecule has 1 N–H and O–H groups in total. The largest absolute Gasteiger partial charge is 0.352 e. The molecule has 27 heavy (non-hydrogen) atoms. The lowest BCUT2D eigenvalue weighted by atomic mass is 9.99. The van der Waals surface area contributed by atoms with Crippen LogP contribution in [0.15, 0.2) is 48.5 Å². The van der Waals surface area contributed by atoms with Gasteiger partial charge in [-0.15, -0.1) is 0 Å². The summed E-state index contributed by atoms with van der Waals surface area (Å²) in [7, 11) is 0. The van der Waals surface area contributed by atoms with Gasteiger partial charge >= 0.3 is 0 Å². The lowest BCUT2D eigenvalue weighted by molar-refractivity contribution is 0.0683. The topological polar surface area (TPSA) is 49.4 Å². The molecule has 0 bridgehead atoms. The molecule has 0 spiro atoms. The van der Waals surface area contributed by atoms with Gasteiger partial charge in [-0.25, -0.2) is 0 Å². The SMILES string of the molecule is CC1CCCN(C(=O)c2cccc(C(=O)NCCc3cccc(Cl)c3)c2)C1. The van der Waals surface area contributed by atoms with E-state index in [1.807, 2.05) is 29.2 Å². The molecule has 1 saturated heterocycles.